The van der Waals surface area contributed by atoms with Gasteiger partial charge in [-0.3, -0.25) is 4.79 Å². The van der Waals surface area contributed by atoms with Crippen LogP contribution in [0, 0.1) is 5.82 Å². The van der Waals surface area contributed by atoms with Crippen molar-refractivity contribution < 1.29 is 19.1 Å². The van der Waals surface area contributed by atoms with Crippen molar-refractivity contribution in [1.82, 2.24) is 15.1 Å². The van der Waals surface area contributed by atoms with Crippen LogP contribution in [0.2, 0.25) is 5.02 Å². The molecule has 4 aromatic rings. The second-order valence-electron chi connectivity index (χ2n) is 9.33. The third kappa shape index (κ3) is 5.70. The van der Waals surface area contributed by atoms with E-state index in [0.717, 1.165) is 31.4 Å². The van der Waals surface area contributed by atoms with E-state index in [4.69, 9.17) is 11.6 Å². The number of rotatable bonds is 6. The van der Waals surface area contributed by atoms with Crippen molar-refractivity contribution in [3.8, 4) is 17.0 Å². The fourth-order valence-electron chi connectivity index (χ4n) is 4.73. The standard InChI is InChI=1S/C29H26ClFN4O3/c30-21-10-8-20(9-11-21)28(37)33-23-12-13-27(36)24(15-23)25-16-26(19-5-1-2-6-19)35(34-25)29(38)32-17-18-4-3-7-22(31)14-18/h3-4,7-16,19,36H,1-2,5-6,17H2,(H,32,38)(H,33,37). The molecule has 1 aliphatic rings. The van der Waals surface area contributed by atoms with Gasteiger partial charge in [-0.15, -0.1) is 0 Å². The number of benzene rings is 3. The van der Waals surface area contributed by atoms with Gasteiger partial charge in [-0.1, -0.05) is 36.6 Å². The van der Waals surface area contributed by atoms with E-state index >= 15 is 0 Å². The molecule has 0 atom stereocenters. The van der Waals surface area contributed by atoms with E-state index in [0.29, 0.717) is 33.1 Å². The van der Waals surface area contributed by atoms with Crippen LogP contribution in [0.5, 0.6) is 5.75 Å². The van der Waals surface area contributed by atoms with E-state index in [1.165, 1.54) is 22.9 Å². The Morgan fingerprint density at radius 1 is 1.03 bits per heavy atom. The molecule has 5 rings (SSSR count). The predicted molar refractivity (Wildman–Crippen MR) is 144 cm³/mol. The molecule has 2 amide bonds. The third-order valence-electron chi connectivity index (χ3n) is 6.67. The number of hydrogen-bond acceptors (Lipinski definition) is 4. The zero-order chi connectivity index (χ0) is 26.6. The number of phenolic OH excluding ortho intramolecular Hbond substituents is 1. The smallest absolute Gasteiger partial charge is 0.342 e. The Kier molecular flexibility index (Phi) is 7.42. The minimum atomic E-state index is -0.436. The van der Waals surface area contributed by atoms with Crippen molar-refractivity contribution in [2.75, 3.05) is 5.32 Å². The molecule has 0 spiro atoms. The third-order valence-corrected chi connectivity index (χ3v) is 6.92. The van der Waals surface area contributed by atoms with Gasteiger partial charge >= 0.3 is 6.03 Å². The lowest BCUT2D eigenvalue weighted by molar-refractivity contribution is 0.102. The van der Waals surface area contributed by atoms with Crippen molar-refractivity contribution in [2.24, 2.45) is 0 Å². The summed E-state index contributed by atoms with van der Waals surface area (Å²) < 4.78 is 14.9. The predicted octanol–water partition coefficient (Wildman–Crippen LogP) is 6.72. The molecule has 194 valence electrons. The van der Waals surface area contributed by atoms with Gasteiger partial charge in [0, 0.05) is 34.3 Å². The number of carbonyl (C=O) groups excluding carboxylic acids is 2. The van der Waals surface area contributed by atoms with Crippen LogP contribution in [0.4, 0.5) is 14.9 Å². The molecule has 1 fully saturated rings. The summed E-state index contributed by atoms with van der Waals surface area (Å²) in [5, 5.41) is 21.3. The van der Waals surface area contributed by atoms with Gasteiger partial charge in [0.2, 0.25) is 0 Å². The highest BCUT2D eigenvalue weighted by Gasteiger charge is 2.26. The molecular formula is C29H26ClFN4O3. The summed E-state index contributed by atoms with van der Waals surface area (Å²) in [5.41, 5.74) is 3.08. The minimum Gasteiger partial charge on any atom is -0.507 e. The maximum Gasteiger partial charge on any atom is 0.342 e. The number of phenols is 1. The number of carbonyl (C=O) groups is 2. The van der Waals surface area contributed by atoms with Crippen LogP contribution in [0.3, 0.4) is 0 Å². The number of amides is 2. The lowest BCUT2D eigenvalue weighted by atomic mass is 10.0. The van der Waals surface area contributed by atoms with E-state index in [1.807, 2.05) is 6.07 Å². The van der Waals surface area contributed by atoms with Crippen LogP contribution in [0.1, 0.15) is 53.2 Å². The Balaban J connectivity index is 1.41. The molecule has 1 aromatic heterocycles. The quantitative estimate of drug-likeness (QED) is 0.240. The Morgan fingerprint density at radius 3 is 2.53 bits per heavy atom. The lowest BCUT2D eigenvalue weighted by Crippen LogP contribution is -2.30. The average molecular weight is 533 g/mol. The number of nitrogens with one attached hydrogen (secondary N) is 2. The number of hydrogen-bond donors (Lipinski definition) is 3. The maximum absolute atomic E-state index is 13.6. The summed E-state index contributed by atoms with van der Waals surface area (Å²) in [7, 11) is 0. The zero-order valence-corrected chi connectivity index (χ0v) is 21.2. The second-order valence-corrected chi connectivity index (χ2v) is 9.77. The van der Waals surface area contributed by atoms with Crippen LogP contribution < -0.4 is 10.6 Å². The molecule has 0 aliphatic heterocycles. The SMILES string of the molecule is O=C(Nc1ccc(O)c(-c2cc(C3CCCC3)n(C(=O)NCc3cccc(F)c3)n2)c1)c1ccc(Cl)cc1. The number of aromatic hydroxyl groups is 1. The molecule has 3 N–H and O–H groups in total. The summed E-state index contributed by atoms with van der Waals surface area (Å²) in [5.74, 6) is -0.570. The second kappa shape index (κ2) is 11.1. The van der Waals surface area contributed by atoms with Crippen LogP contribution in [0.25, 0.3) is 11.3 Å². The molecule has 0 saturated heterocycles. The molecule has 38 heavy (non-hydrogen) atoms. The minimum absolute atomic E-state index is 0.0303. The summed E-state index contributed by atoms with van der Waals surface area (Å²) in [6, 6.07) is 18.6. The van der Waals surface area contributed by atoms with E-state index in [9.17, 15) is 19.1 Å². The van der Waals surface area contributed by atoms with Crippen molar-refractivity contribution >= 4 is 29.2 Å². The summed E-state index contributed by atoms with van der Waals surface area (Å²) in [4.78, 5) is 25.8. The zero-order valence-electron chi connectivity index (χ0n) is 20.5. The van der Waals surface area contributed by atoms with E-state index in [1.54, 1.807) is 48.5 Å². The van der Waals surface area contributed by atoms with E-state index < -0.39 is 6.03 Å². The first-order valence-corrected chi connectivity index (χ1v) is 12.8. The molecular weight excluding hydrogens is 507 g/mol. The monoisotopic (exact) mass is 532 g/mol. The molecule has 7 nitrogen and oxygen atoms in total. The van der Waals surface area contributed by atoms with Crippen molar-refractivity contribution in [1.29, 1.82) is 0 Å². The molecule has 3 aromatic carbocycles. The van der Waals surface area contributed by atoms with Gasteiger partial charge < -0.3 is 15.7 Å². The first kappa shape index (κ1) is 25.5. The van der Waals surface area contributed by atoms with Crippen molar-refractivity contribution in [2.45, 2.75) is 38.1 Å². The topological polar surface area (TPSA) is 96.2 Å². The van der Waals surface area contributed by atoms with Crippen LogP contribution in [-0.2, 0) is 6.54 Å². The van der Waals surface area contributed by atoms with E-state index in [2.05, 4.69) is 15.7 Å². The van der Waals surface area contributed by atoms with Gasteiger partial charge in [0.05, 0.1) is 11.4 Å². The molecule has 1 saturated carbocycles. The fourth-order valence-corrected chi connectivity index (χ4v) is 4.85. The van der Waals surface area contributed by atoms with Gasteiger partial charge in [-0.25, -0.2) is 9.18 Å². The highest BCUT2D eigenvalue weighted by atomic mass is 35.5. The first-order valence-electron chi connectivity index (χ1n) is 12.4. The number of halogens is 2. The average Bonchev–Trinajstić information content (AvgIpc) is 3.59. The normalized spacial score (nSPS) is 13.4. The summed E-state index contributed by atoms with van der Waals surface area (Å²) in [6.45, 7) is 0.146. The lowest BCUT2D eigenvalue weighted by Gasteiger charge is -2.12. The molecule has 1 aliphatic carbocycles. The number of nitrogens with zero attached hydrogens (tertiary/aromatic N) is 2. The van der Waals surface area contributed by atoms with Crippen LogP contribution >= 0.6 is 11.6 Å². The Morgan fingerprint density at radius 2 is 1.79 bits per heavy atom. The largest absolute Gasteiger partial charge is 0.507 e. The molecule has 0 radical (unpaired) electrons. The first-order chi connectivity index (χ1) is 18.4. The molecule has 9 heteroatoms. The van der Waals surface area contributed by atoms with Gasteiger partial charge in [0.15, 0.2) is 0 Å². The Labute approximate surface area is 224 Å². The highest BCUT2D eigenvalue weighted by Crippen LogP contribution is 2.38. The highest BCUT2D eigenvalue weighted by molar-refractivity contribution is 6.30. The maximum atomic E-state index is 13.6. The Bertz CT molecular complexity index is 1480. The molecule has 0 unspecified atom stereocenters. The molecule has 0 bridgehead atoms. The van der Waals surface area contributed by atoms with Crippen LogP contribution in [-0.4, -0.2) is 26.8 Å². The van der Waals surface area contributed by atoms with Gasteiger partial charge in [0.1, 0.15) is 11.6 Å². The van der Waals surface area contributed by atoms with Gasteiger partial charge in [-0.05, 0) is 79.1 Å². The molecule has 1 heterocycles. The number of aromatic nitrogens is 2. The fraction of sp³-hybridized carbons (Fsp3) is 0.207. The Hall–Kier alpha value is -4.17. The summed E-state index contributed by atoms with van der Waals surface area (Å²) in [6.07, 6.45) is 4.00. The van der Waals surface area contributed by atoms with Crippen molar-refractivity contribution in [3.63, 3.8) is 0 Å². The number of anilines is 1. The van der Waals surface area contributed by atoms with Gasteiger partial charge in [0.25, 0.3) is 5.91 Å². The van der Waals surface area contributed by atoms with Crippen LogP contribution in [0.15, 0.2) is 72.8 Å². The van der Waals surface area contributed by atoms with Crippen molar-refractivity contribution in [3.05, 3.63) is 100 Å². The summed E-state index contributed by atoms with van der Waals surface area (Å²) >= 11 is 5.91. The van der Waals surface area contributed by atoms with Gasteiger partial charge in [-0.2, -0.15) is 9.78 Å². The van der Waals surface area contributed by atoms with E-state index in [-0.39, 0.29) is 29.9 Å².